The molecule has 15 heavy (non-hydrogen) atoms. The molecule has 0 aromatic heterocycles. The van der Waals surface area contributed by atoms with Gasteiger partial charge in [0.2, 0.25) is 0 Å². The van der Waals surface area contributed by atoms with Gasteiger partial charge in [0.15, 0.2) is 0 Å². The fourth-order valence-electron chi connectivity index (χ4n) is 1.14. The zero-order valence-electron chi connectivity index (χ0n) is 8.43. The van der Waals surface area contributed by atoms with Gasteiger partial charge in [-0.3, -0.25) is 4.99 Å². The summed E-state index contributed by atoms with van der Waals surface area (Å²) in [5, 5.41) is 1.07. The fourth-order valence-corrected chi connectivity index (χ4v) is 1.72. The molecule has 0 fully saturated rings. The molecule has 0 atom stereocenters. The van der Waals surface area contributed by atoms with Gasteiger partial charge in [0.05, 0.1) is 15.6 Å². The third-order valence-corrected chi connectivity index (χ3v) is 2.46. The van der Waals surface area contributed by atoms with Gasteiger partial charge in [-0.25, -0.2) is 5.84 Å². The first-order chi connectivity index (χ1) is 7.20. The van der Waals surface area contributed by atoms with Gasteiger partial charge in [0, 0.05) is 6.54 Å². The summed E-state index contributed by atoms with van der Waals surface area (Å²) in [6.45, 7) is 2.72. The Morgan fingerprint density at radius 2 is 2.00 bits per heavy atom. The second-order valence-corrected chi connectivity index (χ2v) is 3.79. The molecule has 3 N–H and O–H groups in total. The van der Waals surface area contributed by atoms with Gasteiger partial charge in [0.25, 0.3) is 0 Å². The minimum atomic E-state index is 0.521. The molecule has 0 aliphatic rings. The van der Waals surface area contributed by atoms with Crippen LogP contribution in [0.3, 0.4) is 0 Å². The van der Waals surface area contributed by atoms with Crippen molar-refractivity contribution in [2.75, 3.05) is 6.54 Å². The van der Waals surface area contributed by atoms with Gasteiger partial charge in [-0.2, -0.15) is 0 Å². The Morgan fingerprint density at radius 1 is 1.40 bits per heavy atom. The van der Waals surface area contributed by atoms with Crippen LogP contribution in [0.5, 0.6) is 0 Å². The molecule has 3 nitrogen and oxygen atoms in total. The molecule has 1 rings (SSSR count). The topological polar surface area (TPSA) is 50.4 Å². The zero-order valence-corrected chi connectivity index (χ0v) is 9.94. The lowest BCUT2D eigenvalue weighted by molar-refractivity contribution is 0.908. The van der Waals surface area contributed by atoms with Crippen LogP contribution in [0.2, 0.25) is 10.0 Å². The highest BCUT2D eigenvalue weighted by Crippen LogP contribution is 2.24. The van der Waals surface area contributed by atoms with Crippen molar-refractivity contribution in [1.29, 1.82) is 0 Å². The highest BCUT2D eigenvalue weighted by molar-refractivity contribution is 6.40. The number of benzene rings is 1. The van der Waals surface area contributed by atoms with E-state index in [4.69, 9.17) is 29.0 Å². The minimum absolute atomic E-state index is 0.521. The maximum atomic E-state index is 6.02. The van der Waals surface area contributed by atoms with E-state index in [0.717, 1.165) is 6.42 Å². The number of amidine groups is 1. The van der Waals surface area contributed by atoms with E-state index in [-0.39, 0.29) is 0 Å². The number of nitrogens with two attached hydrogens (primary N) is 1. The summed E-state index contributed by atoms with van der Waals surface area (Å²) in [4.78, 5) is 4.26. The van der Waals surface area contributed by atoms with Crippen LogP contribution in [0.1, 0.15) is 18.9 Å². The predicted molar refractivity (Wildman–Crippen MR) is 65.5 cm³/mol. The van der Waals surface area contributed by atoms with E-state index in [1.54, 1.807) is 18.2 Å². The summed E-state index contributed by atoms with van der Waals surface area (Å²) in [6, 6.07) is 5.28. The molecule has 0 heterocycles. The molecule has 0 radical (unpaired) electrons. The third kappa shape index (κ3) is 3.09. The number of hydrogen-bond acceptors (Lipinski definition) is 2. The Bertz CT molecular complexity index is 343. The highest BCUT2D eigenvalue weighted by Gasteiger charge is 2.10. The molecule has 0 unspecified atom stereocenters. The van der Waals surface area contributed by atoms with Gasteiger partial charge in [0.1, 0.15) is 5.84 Å². The SMILES string of the molecule is CCCN=C(NN)c1c(Cl)cccc1Cl. The van der Waals surface area contributed by atoms with E-state index in [0.29, 0.717) is 28.0 Å². The molecule has 0 saturated carbocycles. The number of nitrogens with one attached hydrogen (secondary N) is 1. The maximum Gasteiger partial charge on any atom is 0.145 e. The molecule has 1 aromatic carbocycles. The van der Waals surface area contributed by atoms with E-state index >= 15 is 0 Å². The van der Waals surface area contributed by atoms with Crippen LogP contribution in [-0.2, 0) is 0 Å². The molecule has 0 aliphatic heterocycles. The largest absolute Gasteiger partial charge is 0.308 e. The van der Waals surface area contributed by atoms with Crippen LogP contribution in [-0.4, -0.2) is 12.4 Å². The van der Waals surface area contributed by atoms with Gasteiger partial charge >= 0.3 is 0 Å². The van der Waals surface area contributed by atoms with Gasteiger partial charge in [-0.15, -0.1) is 0 Å². The highest BCUT2D eigenvalue weighted by atomic mass is 35.5. The lowest BCUT2D eigenvalue weighted by Gasteiger charge is -2.09. The van der Waals surface area contributed by atoms with E-state index in [1.165, 1.54) is 0 Å². The van der Waals surface area contributed by atoms with Gasteiger partial charge in [-0.05, 0) is 18.6 Å². The number of rotatable bonds is 3. The summed E-state index contributed by atoms with van der Waals surface area (Å²) in [7, 11) is 0. The average Bonchev–Trinajstić information content (AvgIpc) is 2.22. The normalized spacial score (nSPS) is 11.6. The van der Waals surface area contributed by atoms with Crippen molar-refractivity contribution in [3.63, 3.8) is 0 Å². The molecular weight excluding hydrogens is 233 g/mol. The Balaban J connectivity index is 3.11. The minimum Gasteiger partial charge on any atom is -0.308 e. The molecule has 0 spiro atoms. The van der Waals surface area contributed by atoms with E-state index in [2.05, 4.69) is 10.4 Å². The molecule has 0 amide bonds. The number of nitrogens with zero attached hydrogens (tertiary/aromatic N) is 1. The molecule has 0 saturated heterocycles. The third-order valence-electron chi connectivity index (χ3n) is 1.83. The van der Waals surface area contributed by atoms with Crippen molar-refractivity contribution in [3.8, 4) is 0 Å². The average molecular weight is 246 g/mol. The van der Waals surface area contributed by atoms with Crippen molar-refractivity contribution >= 4 is 29.0 Å². The first-order valence-electron chi connectivity index (χ1n) is 4.66. The monoisotopic (exact) mass is 245 g/mol. The summed E-state index contributed by atoms with van der Waals surface area (Å²) < 4.78 is 0. The van der Waals surface area contributed by atoms with Crippen LogP contribution in [0.25, 0.3) is 0 Å². The van der Waals surface area contributed by atoms with E-state index in [9.17, 15) is 0 Å². The summed E-state index contributed by atoms with van der Waals surface area (Å²) in [5.74, 6) is 5.91. The first-order valence-corrected chi connectivity index (χ1v) is 5.41. The van der Waals surface area contributed by atoms with Crippen molar-refractivity contribution in [1.82, 2.24) is 5.43 Å². The maximum absolute atomic E-state index is 6.02. The second-order valence-electron chi connectivity index (χ2n) is 2.97. The smallest absolute Gasteiger partial charge is 0.145 e. The number of aliphatic imine (C=N–C) groups is 1. The first kappa shape index (κ1) is 12.3. The quantitative estimate of drug-likeness (QED) is 0.373. The lowest BCUT2D eigenvalue weighted by atomic mass is 10.2. The zero-order chi connectivity index (χ0) is 11.3. The van der Waals surface area contributed by atoms with Crippen molar-refractivity contribution < 1.29 is 0 Å². The Hall–Kier alpha value is -0.770. The van der Waals surface area contributed by atoms with E-state index < -0.39 is 0 Å². The molecule has 0 bridgehead atoms. The van der Waals surface area contributed by atoms with E-state index in [1.807, 2.05) is 6.92 Å². The summed E-state index contributed by atoms with van der Waals surface area (Å²) in [6.07, 6.45) is 0.938. The summed E-state index contributed by atoms with van der Waals surface area (Å²) >= 11 is 12.0. The molecule has 0 aliphatic carbocycles. The van der Waals surface area contributed by atoms with Crippen LogP contribution >= 0.6 is 23.2 Å². The fraction of sp³-hybridized carbons (Fsp3) is 0.300. The van der Waals surface area contributed by atoms with Crippen molar-refractivity contribution in [2.24, 2.45) is 10.8 Å². The van der Waals surface area contributed by atoms with Crippen molar-refractivity contribution in [3.05, 3.63) is 33.8 Å². The van der Waals surface area contributed by atoms with Crippen LogP contribution in [0.15, 0.2) is 23.2 Å². The number of halogens is 2. The molecule has 82 valence electrons. The van der Waals surface area contributed by atoms with Crippen molar-refractivity contribution in [2.45, 2.75) is 13.3 Å². The van der Waals surface area contributed by atoms with Crippen LogP contribution in [0.4, 0.5) is 0 Å². The Labute approximate surface area is 99.3 Å². The van der Waals surface area contributed by atoms with Gasteiger partial charge < -0.3 is 5.43 Å². The Kier molecular flexibility index (Phi) is 4.88. The van der Waals surface area contributed by atoms with Crippen LogP contribution < -0.4 is 11.3 Å². The number of hydrogen-bond donors (Lipinski definition) is 2. The predicted octanol–water partition coefficient (Wildman–Crippen LogP) is 2.61. The molecule has 1 aromatic rings. The van der Waals surface area contributed by atoms with Gasteiger partial charge in [-0.1, -0.05) is 36.2 Å². The Morgan fingerprint density at radius 3 is 2.47 bits per heavy atom. The molecule has 5 heteroatoms. The lowest BCUT2D eigenvalue weighted by Crippen LogP contribution is -2.31. The number of hydrazine groups is 1. The standard InChI is InChI=1S/C10H13Cl2N3/c1-2-6-14-10(15-13)9-7(11)4-3-5-8(9)12/h3-5H,2,6,13H2,1H3,(H,14,15). The molecular formula is C10H13Cl2N3. The van der Waals surface area contributed by atoms with Crippen LogP contribution in [0, 0.1) is 0 Å². The second kappa shape index (κ2) is 5.95. The summed E-state index contributed by atoms with van der Waals surface area (Å²) in [5.41, 5.74) is 3.17.